The first-order valence-electron chi connectivity index (χ1n) is 10.8. The van der Waals surface area contributed by atoms with Crippen LogP contribution in [-0.4, -0.2) is 26.7 Å². The molecule has 3 fully saturated rings. The third kappa shape index (κ3) is 4.09. The summed E-state index contributed by atoms with van der Waals surface area (Å²) in [5.41, 5.74) is 1.41. The first kappa shape index (κ1) is 22.3. The number of pyridine rings is 1. The van der Waals surface area contributed by atoms with E-state index in [4.69, 9.17) is 16.9 Å². The first-order chi connectivity index (χ1) is 15.2. The number of nitriles is 1. The van der Waals surface area contributed by atoms with Gasteiger partial charge in [0, 0.05) is 18.8 Å². The molecule has 0 aromatic carbocycles. The van der Waals surface area contributed by atoms with E-state index in [9.17, 15) is 9.59 Å². The van der Waals surface area contributed by atoms with Crippen molar-refractivity contribution < 1.29 is 4.79 Å². The molecule has 8 nitrogen and oxygen atoms in total. The Morgan fingerprint density at radius 1 is 1.41 bits per heavy atom. The van der Waals surface area contributed by atoms with Gasteiger partial charge in [0.25, 0.3) is 5.56 Å². The fourth-order valence-electron chi connectivity index (χ4n) is 5.26. The largest absolute Gasteiger partial charge is 0.379 e. The van der Waals surface area contributed by atoms with Gasteiger partial charge in [-0.3, -0.25) is 9.59 Å². The molecule has 2 heterocycles. The smallest absolute Gasteiger partial charge is 0.288 e. The first-order valence-corrected chi connectivity index (χ1v) is 11.2. The van der Waals surface area contributed by atoms with Crippen LogP contribution in [0.3, 0.4) is 0 Å². The van der Waals surface area contributed by atoms with Crippen molar-refractivity contribution in [2.75, 3.05) is 5.32 Å². The number of nitrogens with one attached hydrogen (secondary N) is 2. The van der Waals surface area contributed by atoms with Crippen LogP contribution in [0.15, 0.2) is 29.3 Å². The van der Waals surface area contributed by atoms with Crippen LogP contribution in [0.25, 0.3) is 0 Å². The predicted molar refractivity (Wildman–Crippen MR) is 121 cm³/mol. The second-order valence-corrected chi connectivity index (χ2v) is 9.86. The Kier molecular flexibility index (Phi) is 5.95. The van der Waals surface area contributed by atoms with Gasteiger partial charge in [0.15, 0.2) is 0 Å². The molecule has 9 heteroatoms. The lowest BCUT2D eigenvalue weighted by Gasteiger charge is -2.62. The van der Waals surface area contributed by atoms with Gasteiger partial charge in [-0.15, -0.1) is 0 Å². The minimum absolute atomic E-state index is 0.0475. The molecule has 168 valence electrons. The van der Waals surface area contributed by atoms with E-state index in [1.807, 2.05) is 6.07 Å². The molecule has 1 amide bonds. The van der Waals surface area contributed by atoms with Crippen molar-refractivity contribution in [3.63, 3.8) is 0 Å². The monoisotopic (exact) mass is 454 g/mol. The van der Waals surface area contributed by atoms with Crippen molar-refractivity contribution in [2.45, 2.75) is 52.7 Å². The van der Waals surface area contributed by atoms with Crippen LogP contribution in [0, 0.1) is 34.5 Å². The molecule has 0 unspecified atom stereocenters. The maximum atomic E-state index is 12.7. The zero-order valence-corrected chi connectivity index (χ0v) is 19.2. The van der Waals surface area contributed by atoms with Crippen LogP contribution in [0.1, 0.15) is 44.9 Å². The summed E-state index contributed by atoms with van der Waals surface area (Å²) in [4.78, 5) is 28.9. The van der Waals surface area contributed by atoms with Crippen LogP contribution < -0.4 is 16.2 Å². The van der Waals surface area contributed by atoms with Gasteiger partial charge in [0.1, 0.15) is 23.3 Å². The molecule has 32 heavy (non-hydrogen) atoms. The number of anilines is 1. The standard InChI is InChI=1S/C23H27ClN6O2/c1-13-17-7-15(23(17,2)3)8-18(13)29-19-11-28-30(22(32)21(19)24)12-20(31)27-10-14-4-5-26-16(6-14)9-25/h4-6,11,13,15,17-18,29H,7-8,10,12H2,1-3H3,(H,27,31)/t13-,15-,17+,18-/m1/s1. The Labute approximate surface area is 192 Å². The molecule has 2 N–H and O–H groups in total. The number of fused-ring (bicyclic) bond motifs is 2. The van der Waals surface area contributed by atoms with Gasteiger partial charge in [0.05, 0.1) is 11.9 Å². The summed E-state index contributed by atoms with van der Waals surface area (Å²) in [6, 6.07) is 5.51. The van der Waals surface area contributed by atoms with Crippen molar-refractivity contribution >= 4 is 23.2 Å². The molecule has 2 aromatic heterocycles. The average Bonchev–Trinajstić information content (AvgIpc) is 2.78. The normalized spacial score (nSPS) is 25.3. The molecular weight excluding hydrogens is 428 g/mol. The van der Waals surface area contributed by atoms with Gasteiger partial charge in [-0.2, -0.15) is 10.4 Å². The van der Waals surface area contributed by atoms with E-state index in [-0.39, 0.29) is 35.8 Å². The number of hydrogen-bond donors (Lipinski definition) is 2. The molecule has 3 saturated carbocycles. The third-order valence-corrected chi connectivity index (χ3v) is 7.77. The zero-order chi connectivity index (χ0) is 23.0. The van der Waals surface area contributed by atoms with Gasteiger partial charge >= 0.3 is 0 Å². The Hall–Kier alpha value is -2.92. The average molecular weight is 455 g/mol. The summed E-state index contributed by atoms with van der Waals surface area (Å²) in [5.74, 6) is 1.45. The van der Waals surface area contributed by atoms with Crippen molar-refractivity contribution in [1.29, 1.82) is 5.26 Å². The second kappa shape index (κ2) is 8.55. The fraction of sp³-hybridized carbons (Fsp3) is 0.522. The van der Waals surface area contributed by atoms with Gasteiger partial charge in [-0.25, -0.2) is 9.67 Å². The highest BCUT2D eigenvalue weighted by Gasteiger charge is 2.56. The molecule has 0 spiro atoms. The summed E-state index contributed by atoms with van der Waals surface area (Å²) >= 11 is 6.35. The van der Waals surface area contributed by atoms with E-state index < -0.39 is 5.56 Å². The summed E-state index contributed by atoms with van der Waals surface area (Å²) in [6.07, 6.45) is 5.35. The van der Waals surface area contributed by atoms with Crippen LogP contribution >= 0.6 is 11.6 Å². The predicted octanol–water partition coefficient (Wildman–Crippen LogP) is 2.96. The van der Waals surface area contributed by atoms with E-state index in [1.165, 1.54) is 18.8 Å². The van der Waals surface area contributed by atoms with Crippen molar-refractivity contribution in [2.24, 2.45) is 23.2 Å². The highest BCUT2D eigenvalue weighted by Crippen LogP contribution is 2.61. The molecule has 3 aliphatic carbocycles. The molecular formula is C23H27ClN6O2. The highest BCUT2D eigenvalue weighted by atomic mass is 35.5. The quantitative estimate of drug-likeness (QED) is 0.693. The van der Waals surface area contributed by atoms with Gasteiger partial charge in [-0.1, -0.05) is 32.4 Å². The summed E-state index contributed by atoms with van der Waals surface area (Å²) in [5, 5.41) is 19.3. The molecule has 2 aromatic rings. The molecule has 5 rings (SSSR count). The maximum absolute atomic E-state index is 12.7. The van der Waals surface area contributed by atoms with Gasteiger partial charge in [0.2, 0.25) is 5.91 Å². The Morgan fingerprint density at radius 3 is 2.88 bits per heavy atom. The number of carbonyl (C=O) groups is 1. The lowest BCUT2D eigenvalue weighted by molar-refractivity contribution is -0.122. The summed E-state index contributed by atoms with van der Waals surface area (Å²) < 4.78 is 1.06. The van der Waals surface area contributed by atoms with E-state index in [0.29, 0.717) is 28.9 Å². The summed E-state index contributed by atoms with van der Waals surface area (Å²) in [6.45, 7) is 6.92. The Morgan fingerprint density at radius 2 is 2.19 bits per heavy atom. The molecule has 0 aliphatic heterocycles. The number of rotatable bonds is 6. The zero-order valence-electron chi connectivity index (χ0n) is 18.4. The molecule has 0 saturated heterocycles. The highest BCUT2D eigenvalue weighted by molar-refractivity contribution is 6.32. The number of nitrogens with zero attached hydrogens (tertiary/aromatic N) is 4. The number of amides is 1. The summed E-state index contributed by atoms with van der Waals surface area (Å²) in [7, 11) is 0. The second-order valence-electron chi connectivity index (χ2n) is 9.48. The van der Waals surface area contributed by atoms with Crippen LogP contribution in [-0.2, 0) is 17.9 Å². The molecule has 2 bridgehead atoms. The molecule has 4 atom stereocenters. The van der Waals surface area contributed by atoms with Crippen molar-refractivity contribution in [1.82, 2.24) is 20.1 Å². The van der Waals surface area contributed by atoms with E-state index >= 15 is 0 Å². The lowest BCUT2D eigenvalue weighted by atomic mass is 9.45. The minimum atomic E-state index is -0.503. The lowest BCUT2D eigenvalue weighted by Crippen LogP contribution is -2.58. The van der Waals surface area contributed by atoms with Gasteiger partial charge in [-0.05, 0) is 53.7 Å². The number of halogens is 1. The molecule has 0 radical (unpaired) electrons. The Bertz CT molecular complexity index is 1140. The third-order valence-electron chi connectivity index (χ3n) is 7.40. The van der Waals surface area contributed by atoms with E-state index in [0.717, 1.165) is 16.7 Å². The van der Waals surface area contributed by atoms with Crippen LogP contribution in [0.5, 0.6) is 0 Å². The van der Waals surface area contributed by atoms with Gasteiger partial charge < -0.3 is 10.6 Å². The van der Waals surface area contributed by atoms with Crippen molar-refractivity contribution in [3.05, 3.63) is 51.2 Å². The molecule has 3 aliphatic rings. The van der Waals surface area contributed by atoms with Crippen LogP contribution in [0.2, 0.25) is 5.02 Å². The topological polar surface area (TPSA) is 113 Å². The van der Waals surface area contributed by atoms with E-state index in [1.54, 1.807) is 12.1 Å². The van der Waals surface area contributed by atoms with Crippen molar-refractivity contribution in [3.8, 4) is 6.07 Å². The minimum Gasteiger partial charge on any atom is -0.379 e. The number of hydrogen-bond acceptors (Lipinski definition) is 6. The SMILES string of the molecule is C[C@H]1[C@H](Nc2cnn(CC(=O)NCc3ccnc(C#N)c3)c(=O)c2Cl)C[C@H]2C[C@@H]1C2(C)C. The number of aromatic nitrogens is 3. The number of carbonyl (C=O) groups excluding carboxylic acids is 1. The Balaban J connectivity index is 1.38. The fourth-order valence-corrected chi connectivity index (χ4v) is 5.46. The van der Waals surface area contributed by atoms with E-state index in [2.05, 4.69) is 41.5 Å². The van der Waals surface area contributed by atoms with Crippen LogP contribution in [0.4, 0.5) is 5.69 Å². The maximum Gasteiger partial charge on any atom is 0.288 e.